The highest BCUT2D eigenvalue weighted by Gasteiger charge is 2.28. The Labute approximate surface area is 98.7 Å². The van der Waals surface area contributed by atoms with Crippen LogP contribution in [0, 0.1) is 5.82 Å². The zero-order chi connectivity index (χ0) is 12.3. The lowest BCUT2D eigenvalue weighted by molar-refractivity contribution is -0.147. The predicted molar refractivity (Wildman–Crippen MR) is 58.9 cm³/mol. The minimum absolute atomic E-state index is 0.117. The fraction of sp³-hybridized carbons (Fsp3) is 0.417. The number of nitrogens with one attached hydrogen (secondary N) is 1. The summed E-state index contributed by atoms with van der Waals surface area (Å²) < 4.78 is 22.8. The molecule has 0 amide bonds. The van der Waals surface area contributed by atoms with Gasteiger partial charge in [0, 0.05) is 0 Å². The number of benzene rings is 1. The third-order valence-electron chi connectivity index (χ3n) is 2.73. The minimum Gasteiger partial charge on any atom is -0.468 e. The van der Waals surface area contributed by atoms with Crippen LogP contribution in [0.1, 0.15) is 11.6 Å². The van der Waals surface area contributed by atoms with Gasteiger partial charge in [-0.1, -0.05) is 12.1 Å². The van der Waals surface area contributed by atoms with E-state index in [0.29, 0.717) is 13.2 Å². The number of halogens is 1. The summed E-state index contributed by atoms with van der Waals surface area (Å²) in [6.45, 7) is 0.753. The van der Waals surface area contributed by atoms with Crippen LogP contribution < -0.4 is 5.32 Å². The Hall–Kier alpha value is -1.46. The number of hydrogen-bond acceptors (Lipinski definition) is 4. The highest BCUT2D eigenvalue weighted by Crippen LogP contribution is 2.18. The highest BCUT2D eigenvalue weighted by atomic mass is 19.1. The Morgan fingerprint density at radius 2 is 2.12 bits per heavy atom. The first-order valence-corrected chi connectivity index (χ1v) is 5.38. The summed E-state index contributed by atoms with van der Waals surface area (Å²) in [4.78, 5) is 11.4. The van der Waals surface area contributed by atoms with Crippen LogP contribution >= 0.6 is 0 Å². The number of carbonyl (C=O) groups excluding carboxylic acids is 1. The van der Waals surface area contributed by atoms with Crippen LogP contribution in [-0.4, -0.2) is 32.3 Å². The van der Waals surface area contributed by atoms with E-state index in [-0.39, 0.29) is 17.8 Å². The molecule has 2 unspecified atom stereocenters. The molecule has 1 fully saturated rings. The summed E-state index contributed by atoms with van der Waals surface area (Å²) in [5.41, 5.74) is 0.889. The molecule has 4 nitrogen and oxygen atoms in total. The van der Waals surface area contributed by atoms with Gasteiger partial charge in [-0.3, -0.25) is 10.1 Å². The molecule has 0 bridgehead atoms. The van der Waals surface area contributed by atoms with Gasteiger partial charge in [0.05, 0.1) is 26.4 Å². The van der Waals surface area contributed by atoms with Crippen molar-refractivity contribution in [2.75, 3.05) is 20.3 Å². The van der Waals surface area contributed by atoms with Gasteiger partial charge in [0.25, 0.3) is 0 Å². The molecule has 1 aliphatic heterocycles. The van der Waals surface area contributed by atoms with E-state index in [9.17, 15) is 9.18 Å². The molecule has 0 aromatic heterocycles. The number of morpholine rings is 1. The molecular formula is C12H14FNO3. The van der Waals surface area contributed by atoms with E-state index in [2.05, 4.69) is 10.1 Å². The Morgan fingerprint density at radius 3 is 2.76 bits per heavy atom. The van der Waals surface area contributed by atoms with E-state index in [1.165, 1.54) is 19.2 Å². The van der Waals surface area contributed by atoms with E-state index in [0.717, 1.165) is 5.56 Å². The molecule has 1 aromatic carbocycles. The fourth-order valence-corrected chi connectivity index (χ4v) is 1.81. The zero-order valence-corrected chi connectivity index (χ0v) is 9.48. The molecule has 2 atom stereocenters. The summed E-state index contributed by atoms with van der Waals surface area (Å²) in [5.74, 6) is -0.633. The molecule has 0 radical (unpaired) electrons. The average molecular weight is 239 g/mol. The predicted octanol–water partition coefficient (Wildman–Crippen LogP) is 1.03. The Balaban J connectivity index is 2.06. The number of carbonyl (C=O) groups is 1. The molecule has 1 saturated heterocycles. The van der Waals surface area contributed by atoms with E-state index < -0.39 is 6.04 Å². The van der Waals surface area contributed by atoms with Crippen molar-refractivity contribution in [3.8, 4) is 0 Å². The molecule has 92 valence electrons. The standard InChI is InChI=1S/C12H14FNO3/c1-16-12(15)11-7-17-6-10(14-11)8-2-4-9(13)5-3-8/h2-5,10-11,14H,6-7H2,1H3. The Kier molecular flexibility index (Phi) is 3.71. The smallest absolute Gasteiger partial charge is 0.325 e. The van der Waals surface area contributed by atoms with Crippen molar-refractivity contribution in [3.05, 3.63) is 35.6 Å². The number of methoxy groups -OCH3 is 1. The Morgan fingerprint density at radius 1 is 1.41 bits per heavy atom. The van der Waals surface area contributed by atoms with Crippen molar-refractivity contribution in [2.24, 2.45) is 0 Å². The van der Waals surface area contributed by atoms with Crippen LogP contribution in [0.2, 0.25) is 0 Å². The lowest BCUT2D eigenvalue weighted by atomic mass is 10.1. The normalized spacial score (nSPS) is 24.4. The molecule has 0 saturated carbocycles. The zero-order valence-electron chi connectivity index (χ0n) is 9.48. The maximum Gasteiger partial charge on any atom is 0.325 e. The van der Waals surface area contributed by atoms with Crippen LogP contribution in [0.5, 0.6) is 0 Å². The maximum atomic E-state index is 12.8. The Bertz CT molecular complexity index is 393. The van der Waals surface area contributed by atoms with Gasteiger partial charge < -0.3 is 9.47 Å². The second kappa shape index (κ2) is 5.25. The molecule has 0 spiro atoms. The third kappa shape index (κ3) is 2.81. The van der Waals surface area contributed by atoms with Crippen molar-refractivity contribution < 1.29 is 18.7 Å². The van der Waals surface area contributed by atoms with Crippen molar-refractivity contribution >= 4 is 5.97 Å². The molecule has 2 rings (SSSR count). The summed E-state index contributed by atoms with van der Waals surface area (Å²) in [6, 6.07) is 5.54. The molecule has 1 aliphatic rings. The van der Waals surface area contributed by atoms with E-state index >= 15 is 0 Å². The van der Waals surface area contributed by atoms with E-state index in [4.69, 9.17) is 4.74 Å². The molecular weight excluding hydrogens is 225 g/mol. The van der Waals surface area contributed by atoms with Crippen LogP contribution in [0.15, 0.2) is 24.3 Å². The van der Waals surface area contributed by atoms with Gasteiger partial charge in [0.1, 0.15) is 11.9 Å². The van der Waals surface area contributed by atoms with Gasteiger partial charge in [-0.15, -0.1) is 0 Å². The quantitative estimate of drug-likeness (QED) is 0.783. The van der Waals surface area contributed by atoms with Gasteiger partial charge in [0.15, 0.2) is 0 Å². The summed E-state index contributed by atoms with van der Waals surface area (Å²) >= 11 is 0. The van der Waals surface area contributed by atoms with E-state index in [1.807, 2.05) is 0 Å². The fourth-order valence-electron chi connectivity index (χ4n) is 1.81. The lowest BCUT2D eigenvalue weighted by Crippen LogP contribution is -2.48. The topological polar surface area (TPSA) is 47.6 Å². The molecule has 0 aliphatic carbocycles. The van der Waals surface area contributed by atoms with Crippen LogP contribution in [-0.2, 0) is 14.3 Å². The van der Waals surface area contributed by atoms with Gasteiger partial charge in [-0.25, -0.2) is 4.39 Å². The molecule has 1 N–H and O–H groups in total. The third-order valence-corrected chi connectivity index (χ3v) is 2.73. The summed E-state index contributed by atoms with van der Waals surface area (Å²) in [5, 5.41) is 3.12. The van der Waals surface area contributed by atoms with Crippen molar-refractivity contribution in [1.82, 2.24) is 5.32 Å². The average Bonchev–Trinajstić information content (AvgIpc) is 2.39. The first-order valence-electron chi connectivity index (χ1n) is 5.38. The number of esters is 1. The van der Waals surface area contributed by atoms with Crippen molar-refractivity contribution in [3.63, 3.8) is 0 Å². The van der Waals surface area contributed by atoms with Gasteiger partial charge in [-0.2, -0.15) is 0 Å². The van der Waals surface area contributed by atoms with Gasteiger partial charge >= 0.3 is 5.97 Å². The molecule has 1 aromatic rings. The monoisotopic (exact) mass is 239 g/mol. The van der Waals surface area contributed by atoms with Crippen molar-refractivity contribution in [2.45, 2.75) is 12.1 Å². The number of rotatable bonds is 2. The largest absolute Gasteiger partial charge is 0.468 e. The molecule has 5 heteroatoms. The van der Waals surface area contributed by atoms with Crippen molar-refractivity contribution in [1.29, 1.82) is 0 Å². The molecule has 17 heavy (non-hydrogen) atoms. The summed E-state index contributed by atoms with van der Waals surface area (Å²) in [7, 11) is 1.34. The maximum absolute atomic E-state index is 12.8. The van der Waals surface area contributed by atoms with Gasteiger partial charge in [-0.05, 0) is 17.7 Å². The first-order chi connectivity index (χ1) is 8.20. The highest BCUT2D eigenvalue weighted by molar-refractivity contribution is 5.76. The number of ether oxygens (including phenoxy) is 2. The van der Waals surface area contributed by atoms with Gasteiger partial charge in [0.2, 0.25) is 0 Å². The van der Waals surface area contributed by atoms with E-state index in [1.54, 1.807) is 12.1 Å². The number of hydrogen-bond donors (Lipinski definition) is 1. The first kappa shape index (κ1) is 12.0. The van der Waals surface area contributed by atoms with Crippen LogP contribution in [0.3, 0.4) is 0 Å². The second-order valence-electron chi connectivity index (χ2n) is 3.88. The SMILES string of the molecule is COC(=O)C1COCC(c2ccc(F)cc2)N1. The molecule has 1 heterocycles. The van der Waals surface area contributed by atoms with Crippen LogP contribution in [0.25, 0.3) is 0 Å². The second-order valence-corrected chi connectivity index (χ2v) is 3.88. The lowest BCUT2D eigenvalue weighted by Gasteiger charge is -2.29. The summed E-state index contributed by atoms with van der Waals surface area (Å²) in [6.07, 6.45) is 0. The van der Waals surface area contributed by atoms with Crippen LogP contribution in [0.4, 0.5) is 4.39 Å². The minimum atomic E-state index is -0.469.